The van der Waals surface area contributed by atoms with Crippen molar-refractivity contribution in [1.82, 2.24) is 4.57 Å². The number of hydrogen-bond donors (Lipinski definition) is 1. The molecule has 1 aromatic heterocycles. The summed E-state index contributed by atoms with van der Waals surface area (Å²) in [6, 6.07) is 17.9. The molecule has 138 valence electrons. The third-order valence-electron chi connectivity index (χ3n) is 4.30. The van der Waals surface area contributed by atoms with Crippen LogP contribution in [0, 0.1) is 6.92 Å². The zero-order valence-corrected chi connectivity index (χ0v) is 15.1. The van der Waals surface area contributed by atoms with Crippen molar-refractivity contribution in [3.05, 3.63) is 99.5 Å². The number of Topliss-reactive ketones (excluding diaryl/α,β-unsaturated/α-hetero) is 1. The number of rotatable bonds is 7. The lowest BCUT2D eigenvalue weighted by Crippen LogP contribution is -2.23. The summed E-state index contributed by atoms with van der Waals surface area (Å²) in [5.74, 6) is 0.313. The van der Waals surface area contributed by atoms with E-state index in [1.54, 1.807) is 30.5 Å². The Hall–Kier alpha value is -3.18. The number of aryl methyl sites for hydroxylation is 1. The van der Waals surface area contributed by atoms with Gasteiger partial charge in [0.25, 0.3) is 5.56 Å². The van der Waals surface area contributed by atoms with E-state index >= 15 is 0 Å². The predicted octanol–water partition coefficient (Wildman–Crippen LogP) is 3.11. The van der Waals surface area contributed by atoms with E-state index in [0.29, 0.717) is 17.9 Å². The van der Waals surface area contributed by atoms with Crippen LogP contribution in [0.2, 0.25) is 0 Å². The topological polar surface area (TPSA) is 68.5 Å². The minimum absolute atomic E-state index is 0.0445. The second-order valence-corrected chi connectivity index (χ2v) is 6.33. The molecule has 0 unspecified atom stereocenters. The van der Waals surface area contributed by atoms with E-state index in [1.807, 2.05) is 37.3 Å². The first kappa shape index (κ1) is 18.6. The molecule has 3 aromatic rings. The van der Waals surface area contributed by atoms with E-state index in [1.165, 1.54) is 10.6 Å². The Bertz CT molecular complexity index is 993. The summed E-state index contributed by atoms with van der Waals surface area (Å²) in [4.78, 5) is 24.8. The van der Waals surface area contributed by atoms with Crippen LogP contribution in [-0.4, -0.2) is 15.5 Å². The van der Waals surface area contributed by atoms with Crippen molar-refractivity contribution in [1.29, 1.82) is 0 Å². The van der Waals surface area contributed by atoms with Gasteiger partial charge in [-0.2, -0.15) is 0 Å². The summed E-state index contributed by atoms with van der Waals surface area (Å²) in [7, 11) is 0. The van der Waals surface area contributed by atoms with E-state index in [9.17, 15) is 9.59 Å². The van der Waals surface area contributed by atoms with E-state index in [0.717, 1.165) is 16.7 Å². The number of aromatic nitrogens is 1. The van der Waals surface area contributed by atoms with Crippen molar-refractivity contribution in [3.63, 3.8) is 0 Å². The molecule has 2 aromatic carbocycles. The second kappa shape index (κ2) is 8.47. The fourth-order valence-corrected chi connectivity index (χ4v) is 2.83. The molecule has 27 heavy (non-hydrogen) atoms. The summed E-state index contributed by atoms with van der Waals surface area (Å²) in [6.07, 6.45) is 1.57. The normalized spacial score (nSPS) is 10.6. The van der Waals surface area contributed by atoms with Crippen LogP contribution in [0.5, 0.6) is 5.75 Å². The third kappa shape index (κ3) is 4.71. The van der Waals surface area contributed by atoms with Gasteiger partial charge in [-0.25, -0.2) is 0 Å². The lowest BCUT2D eigenvalue weighted by atomic mass is 10.0. The van der Waals surface area contributed by atoms with Crippen molar-refractivity contribution >= 4 is 5.78 Å². The maximum absolute atomic E-state index is 12.5. The highest BCUT2D eigenvalue weighted by molar-refractivity contribution is 5.97. The Labute approximate surface area is 157 Å². The van der Waals surface area contributed by atoms with Gasteiger partial charge in [-0.3, -0.25) is 9.59 Å². The first-order valence-electron chi connectivity index (χ1n) is 8.67. The average Bonchev–Trinajstić information content (AvgIpc) is 2.68. The number of aliphatic hydroxyl groups excluding tert-OH is 1. The molecule has 0 bridgehead atoms. The average molecular weight is 363 g/mol. The Morgan fingerprint density at radius 3 is 2.48 bits per heavy atom. The third-order valence-corrected chi connectivity index (χ3v) is 4.30. The van der Waals surface area contributed by atoms with Gasteiger partial charge in [0.15, 0.2) is 5.78 Å². The Balaban J connectivity index is 1.69. The van der Waals surface area contributed by atoms with Crippen LogP contribution < -0.4 is 10.3 Å². The van der Waals surface area contributed by atoms with Crippen molar-refractivity contribution < 1.29 is 14.6 Å². The molecule has 0 radical (unpaired) electrons. The molecule has 0 atom stereocenters. The SMILES string of the molecule is Cc1cc(CO)ccc1C(=O)Cn1ccc(OCc2ccccc2)cc1=O. The van der Waals surface area contributed by atoms with Crippen molar-refractivity contribution in [3.8, 4) is 5.75 Å². The van der Waals surface area contributed by atoms with Crippen LogP contribution in [0.4, 0.5) is 0 Å². The van der Waals surface area contributed by atoms with E-state index in [4.69, 9.17) is 9.84 Å². The van der Waals surface area contributed by atoms with Gasteiger partial charge in [-0.05, 0) is 29.7 Å². The molecule has 0 aliphatic heterocycles. The summed E-state index contributed by atoms with van der Waals surface area (Å²) >= 11 is 0. The summed E-state index contributed by atoms with van der Waals surface area (Å²) in [5.41, 5.74) is 2.80. The molecule has 1 N–H and O–H groups in total. The van der Waals surface area contributed by atoms with Crippen LogP contribution in [0.1, 0.15) is 27.0 Å². The van der Waals surface area contributed by atoms with Crippen LogP contribution in [0.15, 0.2) is 71.7 Å². The Morgan fingerprint density at radius 2 is 1.81 bits per heavy atom. The van der Waals surface area contributed by atoms with Gasteiger partial charge in [0.1, 0.15) is 12.4 Å². The summed E-state index contributed by atoms with van der Waals surface area (Å²) in [6.45, 7) is 2.08. The fourth-order valence-electron chi connectivity index (χ4n) is 2.83. The zero-order chi connectivity index (χ0) is 19.2. The predicted molar refractivity (Wildman–Crippen MR) is 103 cm³/mol. The van der Waals surface area contributed by atoms with Gasteiger partial charge in [-0.1, -0.05) is 48.5 Å². The second-order valence-electron chi connectivity index (χ2n) is 6.33. The number of carbonyl (C=O) groups excluding carboxylic acids is 1. The van der Waals surface area contributed by atoms with Crippen molar-refractivity contribution in [2.45, 2.75) is 26.7 Å². The first-order valence-corrected chi connectivity index (χ1v) is 8.67. The van der Waals surface area contributed by atoms with Gasteiger partial charge in [0.2, 0.25) is 0 Å². The van der Waals surface area contributed by atoms with E-state index in [-0.39, 0.29) is 24.5 Å². The van der Waals surface area contributed by atoms with Gasteiger partial charge >= 0.3 is 0 Å². The Morgan fingerprint density at radius 1 is 1.04 bits per heavy atom. The number of carbonyl (C=O) groups is 1. The molecule has 3 rings (SSSR count). The van der Waals surface area contributed by atoms with Crippen molar-refractivity contribution in [2.75, 3.05) is 0 Å². The van der Waals surface area contributed by atoms with Crippen LogP contribution >= 0.6 is 0 Å². The molecule has 5 heteroatoms. The number of ketones is 1. The standard InChI is InChI=1S/C22H21NO4/c1-16-11-18(14-24)7-8-20(16)21(25)13-23-10-9-19(12-22(23)26)27-15-17-5-3-2-4-6-17/h2-12,24H,13-15H2,1H3. The zero-order valence-electron chi connectivity index (χ0n) is 15.1. The highest BCUT2D eigenvalue weighted by Gasteiger charge is 2.11. The molecular formula is C22H21NO4. The molecule has 5 nitrogen and oxygen atoms in total. The molecule has 1 heterocycles. The molecule has 0 saturated heterocycles. The van der Waals surface area contributed by atoms with Gasteiger partial charge < -0.3 is 14.4 Å². The molecule has 0 amide bonds. The minimum Gasteiger partial charge on any atom is -0.489 e. The smallest absolute Gasteiger partial charge is 0.254 e. The fraction of sp³-hybridized carbons (Fsp3) is 0.182. The maximum Gasteiger partial charge on any atom is 0.254 e. The van der Waals surface area contributed by atoms with Crippen LogP contribution in [-0.2, 0) is 19.8 Å². The molecule has 0 aliphatic rings. The monoisotopic (exact) mass is 363 g/mol. The quantitative estimate of drug-likeness (QED) is 0.655. The van der Waals surface area contributed by atoms with Gasteiger partial charge in [0.05, 0.1) is 13.2 Å². The largest absolute Gasteiger partial charge is 0.489 e. The van der Waals surface area contributed by atoms with Crippen molar-refractivity contribution in [2.24, 2.45) is 0 Å². The maximum atomic E-state index is 12.5. The Kier molecular flexibility index (Phi) is 5.84. The number of aliphatic hydroxyl groups is 1. The van der Waals surface area contributed by atoms with Crippen LogP contribution in [0.25, 0.3) is 0 Å². The highest BCUT2D eigenvalue weighted by atomic mass is 16.5. The first-order chi connectivity index (χ1) is 13.1. The molecular weight excluding hydrogens is 342 g/mol. The number of pyridine rings is 1. The van der Waals surface area contributed by atoms with Gasteiger partial charge in [-0.15, -0.1) is 0 Å². The molecule has 0 aliphatic carbocycles. The number of ether oxygens (including phenoxy) is 1. The number of hydrogen-bond acceptors (Lipinski definition) is 4. The van der Waals surface area contributed by atoms with Crippen LogP contribution in [0.3, 0.4) is 0 Å². The van der Waals surface area contributed by atoms with E-state index in [2.05, 4.69) is 0 Å². The lowest BCUT2D eigenvalue weighted by Gasteiger charge is -2.10. The lowest BCUT2D eigenvalue weighted by molar-refractivity contribution is 0.0970. The number of nitrogens with zero attached hydrogens (tertiary/aromatic N) is 1. The summed E-state index contributed by atoms with van der Waals surface area (Å²) in [5, 5.41) is 9.16. The molecule has 0 spiro atoms. The summed E-state index contributed by atoms with van der Waals surface area (Å²) < 4.78 is 7.00. The molecule has 0 fully saturated rings. The molecule has 0 saturated carbocycles. The van der Waals surface area contributed by atoms with E-state index < -0.39 is 0 Å². The number of benzene rings is 2. The van der Waals surface area contributed by atoms with Gasteiger partial charge in [0, 0.05) is 17.8 Å². The highest BCUT2D eigenvalue weighted by Crippen LogP contribution is 2.14. The minimum atomic E-state index is -0.293.